The summed E-state index contributed by atoms with van der Waals surface area (Å²) in [5.41, 5.74) is 4.12. The first-order chi connectivity index (χ1) is 20.4. The number of aromatic hydroxyl groups is 1. The predicted molar refractivity (Wildman–Crippen MR) is 163 cm³/mol. The molecule has 1 aliphatic rings. The minimum atomic E-state index is -1.80. The number of hydrogen-bond donors (Lipinski definition) is 2. The van der Waals surface area contributed by atoms with E-state index in [-0.39, 0.29) is 30.4 Å². The fourth-order valence-electron chi connectivity index (χ4n) is 5.28. The average Bonchev–Trinajstić information content (AvgIpc) is 2.99. The first-order valence-electron chi connectivity index (χ1n) is 14.3. The summed E-state index contributed by atoms with van der Waals surface area (Å²) in [7, 11) is 0. The molecule has 7 heteroatoms. The molecule has 6 nitrogen and oxygen atoms in total. The molecule has 2 N–H and O–H groups in total. The molecule has 220 valence electrons. The number of ether oxygens (including phenoxy) is 4. The minimum absolute atomic E-state index is 0.134. The number of hydrogen-bond acceptors (Lipinski definition) is 6. The van der Waals surface area contributed by atoms with E-state index in [2.05, 4.69) is 0 Å². The van der Waals surface area contributed by atoms with Crippen molar-refractivity contribution < 1.29 is 29.2 Å². The molecule has 0 bridgehead atoms. The van der Waals surface area contributed by atoms with Crippen molar-refractivity contribution in [2.75, 3.05) is 13.2 Å². The van der Waals surface area contributed by atoms with E-state index >= 15 is 0 Å². The summed E-state index contributed by atoms with van der Waals surface area (Å²) in [6.45, 7) is 3.62. The van der Waals surface area contributed by atoms with Crippen LogP contribution in [0.25, 0.3) is 0 Å². The van der Waals surface area contributed by atoms with Crippen LogP contribution in [0.5, 0.6) is 11.5 Å². The van der Waals surface area contributed by atoms with Gasteiger partial charge in [-0.15, -0.1) is 0 Å². The van der Waals surface area contributed by atoms with Gasteiger partial charge in [-0.3, -0.25) is 0 Å². The van der Waals surface area contributed by atoms with Crippen molar-refractivity contribution in [2.45, 2.75) is 57.4 Å². The zero-order valence-electron chi connectivity index (χ0n) is 23.7. The Hall–Kier alpha value is -3.39. The molecule has 0 radical (unpaired) electrons. The molecule has 1 saturated heterocycles. The van der Waals surface area contributed by atoms with Crippen molar-refractivity contribution >= 4 is 11.6 Å². The Balaban J connectivity index is 1.36. The Morgan fingerprint density at radius 1 is 0.881 bits per heavy atom. The van der Waals surface area contributed by atoms with Gasteiger partial charge in [-0.1, -0.05) is 84.4 Å². The van der Waals surface area contributed by atoms with Gasteiger partial charge < -0.3 is 29.2 Å². The van der Waals surface area contributed by atoms with Crippen LogP contribution < -0.4 is 4.74 Å². The Labute approximate surface area is 252 Å². The first-order valence-corrected chi connectivity index (χ1v) is 14.7. The van der Waals surface area contributed by atoms with Gasteiger partial charge in [0, 0.05) is 17.9 Å². The first kappa shape index (κ1) is 30.1. The number of halogens is 1. The van der Waals surface area contributed by atoms with Gasteiger partial charge in [0.05, 0.1) is 44.2 Å². The Bertz CT molecular complexity index is 1410. The highest BCUT2D eigenvalue weighted by atomic mass is 35.5. The van der Waals surface area contributed by atoms with Gasteiger partial charge >= 0.3 is 0 Å². The quantitative estimate of drug-likeness (QED) is 0.183. The highest BCUT2D eigenvalue weighted by molar-refractivity contribution is 6.31. The molecule has 3 atom stereocenters. The lowest BCUT2D eigenvalue weighted by Crippen LogP contribution is -2.46. The number of phenolic OH excluding ortho intramolecular Hbond substituents is 1. The van der Waals surface area contributed by atoms with Crippen molar-refractivity contribution in [3.05, 3.63) is 130 Å². The summed E-state index contributed by atoms with van der Waals surface area (Å²) in [6, 6.07) is 30.8. The second kappa shape index (κ2) is 14.2. The van der Waals surface area contributed by atoms with Crippen LogP contribution in [-0.4, -0.2) is 35.6 Å². The molecule has 4 aromatic rings. The Kier molecular flexibility index (Phi) is 10.2. The van der Waals surface area contributed by atoms with Gasteiger partial charge in [0.25, 0.3) is 0 Å². The van der Waals surface area contributed by atoms with Crippen LogP contribution in [0.2, 0.25) is 5.02 Å². The minimum Gasteiger partial charge on any atom is -0.507 e. The maximum Gasteiger partial charge on any atom is 0.198 e. The van der Waals surface area contributed by atoms with E-state index in [1.54, 1.807) is 6.07 Å². The maximum absolute atomic E-state index is 12.0. The maximum atomic E-state index is 12.0. The van der Waals surface area contributed by atoms with Gasteiger partial charge in [-0.25, -0.2) is 0 Å². The van der Waals surface area contributed by atoms with Crippen LogP contribution in [0.3, 0.4) is 0 Å². The van der Waals surface area contributed by atoms with Gasteiger partial charge in [-0.05, 0) is 59.9 Å². The van der Waals surface area contributed by atoms with E-state index < -0.39 is 11.9 Å². The molecule has 3 unspecified atom stereocenters. The molecular formula is C35H37ClO6. The fraction of sp³-hybridized carbons (Fsp3) is 0.314. The Morgan fingerprint density at radius 2 is 1.55 bits per heavy atom. The van der Waals surface area contributed by atoms with E-state index in [4.69, 9.17) is 30.5 Å². The van der Waals surface area contributed by atoms with Crippen molar-refractivity contribution in [3.63, 3.8) is 0 Å². The lowest BCUT2D eigenvalue weighted by Gasteiger charge is -2.41. The lowest BCUT2D eigenvalue weighted by atomic mass is 9.90. The average molecular weight is 589 g/mol. The van der Waals surface area contributed by atoms with Gasteiger partial charge in [0.2, 0.25) is 0 Å². The van der Waals surface area contributed by atoms with Crippen LogP contribution in [0.1, 0.15) is 47.6 Å². The molecule has 0 aromatic heterocycles. The molecule has 1 fully saturated rings. The third kappa shape index (κ3) is 7.91. The van der Waals surface area contributed by atoms with Crippen molar-refractivity contribution in [1.29, 1.82) is 0 Å². The number of rotatable bonds is 12. The van der Waals surface area contributed by atoms with Crippen LogP contribution in [-0.2, 0) is 39.6 Å². The van der Waals surface area contributed by atoms with Gasteiger partial charge in [-0.2, -0.15) is 0 Å². The molecule has 0 spiro atoms. The van der Waals surface area contributed by atoms with Crippen molar-refractivity contribution in [1.82, 2.24) is 0 Å². The summed E-state index contributed by atoms with van der Waals surface area (Å²) in [5.74, 6) is -1.14. The molecular weight excluding hydrogens is 552 g/mol. The van der Waals surface area contributed by atoms with Crippen LogP contribution in [0.4, 0.5) is 0 Å². The number of benzene rings is 4. The molecule has 1 heterocycles. The summed E-state index contributed by atoms with van der Waals surface area (Å²) in [4.78, 5) is 0. The summed E-state index contributed by atoms with van der Waals surface area (Å²) in [6.07, 6.45) is 0.396. The van der Waals surface area contributed by atoms with Crippen molar-refractivity contribution in [3.8, 4) is 11.5 Å². The van der Waals surface area contributed by atoms with Crippen LogP contribution >= 0.6 is 11.6 Å². The Morgan fingerprint density at radius 3 is 2.21 bits per heavy atom. The smallest absolute Gasteiger partial charge is 0.198 e. The van der Waals surface area contributed by atoms with Crippen LogP contribution in [0.15, 0.2) is 97.1 Å². The standard InChI is InChI=1S/C35H37ClO6/c1-2-40-29-15-13-25(14-16-29)17-28-18-32(34(37)20-33(28)36)35(38)21-30(41-23-27-11-7-4-8-12-27)19-31(42-35)24-39-22-26-9-5-3-6-10-26/h3-16,18,20,30-31,37-38H,2,17,19,21-24H2,1H3. The summed E-state index contributed by atoms with van der Waals surface area (Å²) in [5, 5.41) is 23.4. The van der Waals surface area contributed by atoms with Gasteiger partial charge in [0.1, 0.15) is 11.5 Å². The highest BCUT2D eigenvalue weighted by Gasteiger charge is 2.44. The zero-order valence-corrected chi connectivity index (χ0v) is 24.5. The fourth-order valence-corrected chi connectivity index (χ4v) is 5.50. The molecule has 0 amide bonds. The molecule has 4 aromatic carbocycles. The summed E-state index contributed by atoms with van der Waals surface area (Å²) >= 11 is 6.57. The third-order valence-corrected chi connectivity index (χ3v) is 7.70. The van der Waals surface area contributed by atoms with E-state index in [1.165, 1.54) is 6.07 Å². The monoisotopic (exact) mass is 588 g/mol. The highest BCUT2D eigenvalue weighted by Crippen LogP contribution is 2.43. The second-order valence-corrected chi connectivity index (χ2v) is 11.0. The molecule has 1 aliphatic heterocycles. The van der Waals surface area contributed by atoms with Crippen molar-refractivity contribution in [2.24, 2.45) is 0 Å². The SMILES string of the molecule is CCOc1ccc(Cc2cc(C3(O)CC(OCc4ccccc4)CC(COCc4ccccc4)O3)c(O)cc2Cl)cc1. The largest absolute Gasteiger partial charge is 0.507 e. The number of aliphatic hydroxyl groups is 1. The topological polar surface area (TPSA) is 77.4 Å². The van der Waals surface area contributed by atoms with E-state index in [0.717, 1.165) is 28.0 Å². The zero-order chi connectivity index (χ0) is 29.4. The van der Waals surface area contributed by atoms with E-state index in [9.17, 15) is 10.2 Å². The molecule has 5 rings (SSSR count). The van der Waals surface area contributed by atoms with E-state index in [0.29, 0.717) is 37.7 Å². The molecule has 42 heavy (non-hydrogen) atoms. The lowest BCUT2D eigenvalue weighted by molar-refractivity contribution is -0.294. The normalized spacial score (nSPS) is 20.4. The third-order valence-electron chi connectivity index (χ3n) is 7.35. The van der Waals surface area contributed by atoms with Gasteiger partial charge in [0.15, 0.2) is 5.79 Å². The van der Waals surface area contributed by atoms with Crippen LogP contribution in [0, 0.1) is 0 Å². The van der Waals surface area contributed by atoms with E-state index in [1.807, 2.05) is 91.9 Å². The predicted octanol–water partition coefficient (Wildman–Crippen LogP) is 7.16. The molecule has 0 aliphatic carbocycles. The molecule has 0 saturated carbocycles. The number of phenols is 1. The second-order valence-electron chi connectivity index (χ2n) is 10.6. The summed E-state index contributed by atoms with van der Waals surface area (Å²) < 4.78 is 24.1.